The average Bonchev–Trinajstić information content (AvgIpc) is 2.10. The van der Waals surface area contributed by atoms with Crippen molar-refractivity contribution in [2.45, 2.75) is 10.3 Å². The molecule has 1 unspecified atom stereocenters. The van der Waals surface area contributed by atoms with Gasteiger partial charge in [-0.1, -0.05) is 0 Å². The number of halogens is 1. The van der Waals surface area contributed by atoms with Gasteiger partial charge in [0.2, 0.25) is 11.8 Å². The molecule has 2 amide bonds. The lowest BCUT2D eigenvalue weighted by molar-refractivity contribution is -0.124. The largest absolute Gasteiger partial charge is 0.320 e. The summed E-state index contributed by atoms with van der Waals surface area (Å²) >= 11 is -3.61. The van der Waals surface area contributed by atoms with Gasteiger partial charge in [0.15, 0.2) is 3.92 Å². The highest BCUT2D eigenvalue weighted by Crippen LogP contribution is 2.22. The van der Waals surface area contributed by atoms with Gasteiger partial charge in [-0.25, -0.2) is 6.14 Å². The molecule has 1 atom stereocenters. The lowest BCUT2D eigenvalue weighted by atomic mass is 10.4. The molecule has 1 aliphatic heterocycles. The number of carbonyl (C=O) groups excluding carboxylic acids is 2. The van der Waals surface area contributed by atoms with Gasteiger partial charge in [-0.2, -0.15) is 0 Å². The Bertz CT molecular complexity index is 248. The van der Waals surface area contributed by atoms with E-state index in [4.69, 9.17) is 0 Å². The van der Waals surface area contributed by atoms with Gasteiger partial charge in [0.25, 0.3) is 0 Å². The van der Waals surface area contributed by atoms with Gasteiger partial charge in [0.1, 0.15) is 0 Å². The van der Waals surface area contributed by atoms with Crippen molar-refractivity contribution in [1.82, 2.24) is 5.32 Å². The van der Waals surface area contributed by atoms with Crippen molar-refractivity contribution >= 4 is 31.6 Å². The highest BCUT2D eigenvalue weighted by molar-refractivity contribution is 14.2. The zero-order valence-electron chi connectivity index (χ0n) is 4.80. The van der Waals surface area contributed by atoms with Crippen LogP contribution in [0.2, 0.25) is 0 Å². The van der Waals surface area contributed by atoms with Crippen molar-refractivity contribution in [2.24, 2.45) is 0 Å². The summed E-state index contributed by atoms with van der Waals surface area (Å²) < 4.78 is 19.5. The molecular formula is C4H4INO4. The molecule has 0 aromatic heterocycles. The first-order chi connectivity index (χ1) is 4.61. The van der Waals surface area contributed by atoms with E-state index in [9.17, 15) is 15.7 Å². The molecule has 0 spiro atoms. The Morgan fingerprint density at radius 2 is 2.00 bits per heavy atom. The fourth-order valence-electron chi connectivity index (χ4n) is 0.666. The van der Waals surface area contributed by atoms with Crippen LogP contribution in [-0.2, 0) is 15.7 Å². The normalized spacial score (nSPS) is 25.5. The van der Waals surface area contributed by atoms with Gasteiger partial charge in [0, 0.05) is 0 Å². The minimum absolute atomic E-state index is 0.184. The molecule has 56 valence electrons. The molecule has 0 aromatic rings. The Morgan fingerprint density at radius 3 is 2.20 bits per heavy atom. The molecule has 0 aliphatic carbocycles. The molecule has 0 aromatic carbocycles. The fourth-order valence-corrected chi connectivity index (χ4v) is 2.04. The smallest absolute Gasteiger partial charge is 0.295 e. The third-order valence-electron chi connectivity index (χ3n) is 1.13. The van der Waals surface area contributed by atoms with Gasteiger partial charge < -0.3 is 0 Å². The van der Waals surface area contributed by atoms with Gasteiger partial charge >= 0.3 is 19.8 Å². The fraction of sp³-hybridized carbons (Fsp3) is 0.500. The molecule has 0 bridgehead atoms. The summed E-state index contributed by atoms with van der Waals surface area (Å²) in [4.78, 5) is 20.9. The van der Waals surface area contributed by atoms with E-state index < -0.39 is 35.5 Å². The van der Waals surface area contributed by atoms with E-state index >= 15 is 0 Å². The average molecular weight is 257 g/mol. The molecule has 1 heterocycles. The number of carbonyl (C=O) groups is 2. The Hall–Kier alpha value is -0.530. The lowest BCUT2D eigenvalue weighted by Gasteiger charge is -1.86. The van der Waals surface area contributed by atoms with Crippen molar-refractivity contribution in [3.8, 4) is 0 Å². The van der Waals surface area contributed by atoms with Crippen molar-refractivity contribution in [2.75, 3.05) is 0 Å². The van der Waals surface area contributed by atoms with E-state index in [1.54, 1.807) is 0 Å². The van der Waals surface area contributed by atoms with Crippen LogP contribution in [0.5, 0.6) is 0 Å². The van der Waals surface area contributed by atoms with E-state index in [1.807, 2.05) is 5.32 Å². The van der Waals surface area contributed by atoms with E-state index in [-0.39, 0.29) is 6.42 Å². The molecule has 6 heteroatoms. The summed E-state index contributed by atoms with van der Waals surface area (Å²) in [5.41, 5.74) is 0. The van der Waals surface area contributed by atoms with Gasteiger partial charge in [-0.15, -0.1) is 0 Å². The number of alkyl halides is 1. The first-order valence-corrected chi connectivity index (χ1v) is 5.49. The van der Waals surface area contributed by atoms with E-state index in [2.05, 4.69) is 0 Å². The maximum Gasteiger partial charge on any atom is 0.320 e. The minimum Gasteiger partial charge on any atom is -0.295 e. The molecule has 1 aliphatic rings. The van der Waals surface area contributed by atoms with Crippen LogP contribution in [-0.4, -0.2) is 15.7 Å². The monoisotopic (exact) mass is 257 g/mol. The summed E-state index contributed by atoms with van der Waals surface area (Å²) in [5.74, 6) is -1.16. The second kappa shape index (κ2) is 2.60. The Morgan fingerprint density at radius 1 is 1.40 bits per heavy atom. The zero-order chi connectivity index (χ0) is 7.72. The number of hydrogen-bond donors (Lipinski definition) is 1. The second-order valence-corrected chi connectivity index (χ2v) is 4.71. The standard InChI is InChI=1S/C4H4INO4/c7-3-1-2(5(9)10)4(8)6-3/h2H,1H2,(H,6,7,8). The Kier molecular flexibility index (Phi) is 1.97. The highest BCUT2D eigenvalue weighted by Gasteiger charge is 2.34. The number of nitrogens with one attached hydrogen (secondary N) is 1. The number of rotatable bonds is 1. The van der Waals surface area contributed by atoms with Gasteiger partial charge in [-0.05, 0) is 0 Å². The zero-order valence-corrected chi connectivity index (χ0v) is 6.95. The van der Waals surface area contributed by atoms with Crippen LogP contribution in [0.3, 0.4) is 0 Å². The number of imide groups is 1. The first kappa shape index (κ1) is 7.58. The molecular weight excluding hydrogens is 253 g/mol. The molecule has 0 radical (unpaired) electrons. The number of hydrogen-bond acceptors (Lipinski definition) is 4. The molecule has 1 saturated heterocycles. The topological polar surface area (TPSA) is 80.3 Å². The molecule has 5 nitrogen and oxygen atoms in total. The summed E-state index contributed by atoms with van der Waals surface area (Å²) in [7, 11) is 0. The van der Waals surface area contributed by atoms with Crippen molar-refractivity contribution < 1.29 is 15.7 Å². The maximum atomic E-state index is 10.5. The van der Waals surface area contributed by atoms with Crippen LogP contribution in [0.4, 0.5) is 0 Å². The van der Waals surface area contributed by atoms with Crippen LogP contribution in [0.25, 0.3) is 0 Å². The minimum atomic E-state index is -3.61. The maximum absolute atomic E-state index is 10.5. The van der Waals surface area contributed by atoms with Gasteiger partial charge in [0.05, 0.1) is 6.42 Å². The van der Waals surface area contributed by atoms with Crippen LogP contribution in [0.1, 0.15) is 6.42 Å². The molecule has 1 rings (SSSR count). The molecule has 1 fully saturated rings. The predicted octanol–water partition coefficient (Wildman–Crippen LogP) is -0.401. The van der Waals surface area contributed by atoms with Gasteiger partial charge in [-0.3, -0.25) is 14.9 Å². The SMILES string of the molecule is O=C1CC(I(=O)=O)C(=O)N1. The second-order valence-electron chi connectivity index (χ2n) is 1.83. The Balaban J connectivity index is 2.82. The predicted molar refractivity (Wildman–Crippen MR) is 36.9 cm³/mol. The lowest BCUT2D eigenvalue weighted by Crippen LogP contribution is -2.22. The Labute approximate surface area is 63.3 Å². The highest BCUT2D eigenvalue weighted by atomic mass is 127. The summed E-state index contributed by atoms with van der Waals surface area (Å²) in [6.07, 6.45) is -0.184. The van der Waals surface area contributed by atoms with Crippen LogP contribution in [0, 0.1) is 0 Å². The van der Waals surface area contributed by atoms with E-state index in [1.165, 1.54) is 0 Å². The molecule has 10 heavy (non-hydrogen) atoms. The van der Waals surface area contributed by atoms with E-state index in [0.29, 0.717) is 0 Å². The van der Waals surface area contributed by atoms with Crippen molar-refractivity contribution in [1.29, 1.82) is 0 Å². The molecule has 1 N–H and O–H groups in total. The van der Waals surface area contributed by atoms with E-state index in [0.717, 1.165) is 0 Å². The third kappa shape index (κ3) is 1.31. The quantitative estimate of drug-likeness (QED) is 0.393. The third-order valence-corrected chi connectivity index (χ3v) is 3.36. The van der Waals surface area contributed by atoms with Crippen LogP contribution in [0.15, 0.2) is 0 Å². The summed E-state index contributed by atoms with van der Waals surface area (Å²) in [5, 5.41) is 1.91. The summed E-state index contributed by atoms with van der Waals surface area (Å²) in [6, 6.07) is 0. The first-order valence-electron chi connectivity index (χ1n) is 2.49. The van der Waals surface area contributed by atoms with Crippen LogP contribution >= 0.6 is 19.8 Å². The summed E-state index contributed by atoms with van der Waals surface area (Å²) in [6.45, 7) is 0. The van der Waals surface area contributed by atoms with Crippen molar-refractivity contribution in [3.63, 3.8) is 0 Å². The van der Waals surface area contributed by atoms with Crippen molar-refractivity contribution in [3.05, 3.63) is 0 Å². The van der Waals surface area contributed by atoms with Crippen LogP contribution < -0.4 is 5.32 Å². The molecule has 0 saturated carbocycles. The number of amides is 2.